The highest BCUT2D eigenvalue weighted by atomic mass is 15.3. The van der Waals surface area contributed by atoms with Gasteiger partial charge < -0.3 is 15.1 Å². The van der Waals surface area contributed by atoms with E-state index in [0.29, 0.717) is 0 Å². The lowest BCUT2D eigenvalue weighted by atomic mass is 10.1. The quantitative estimate of drug-likeness (QED) is 0.471. The van der Waals surface area contributed by atoms with Crippen molar-refractivity contribution in [2.24, 2.45) is 0 Å². The van der Waals surface area contributed by atoms with Crippen molar-refractivity contribution in [2.45, 2.75) is 79.1 Å². The van der Waals surface area contributed by atoms with Gasteiger partial charge in [0.25, 0.3) is 0 Å². The maximum atomic E-state index is 2.33. The molecule has 0 amide bonds. The average Bonchev–Trinajstić information content (AvgIpc) is 2.44. The van der Waals surface area contributed by atoms with Crippen molar-refractivity contribution in [1.29, 1.82) is 0 Å². The van der Waals surface area contributed by atoms with Gasteiger partial charge >= 0.3 is 0 Å². The Labute approximate surface area is 149 Å². The Hall–Kier alpha value is -0.120. The third-order valence-corrected chi connectivity index (χ3v) is 3.94. The number of unbranched alkanes of at least 4 members (excludes halogenated alkanes) is 4. The summed E-state index contributed by atoms with van der Waals surface area (Å²) in [5.41, 5.74) is 0. The van der Waals surface area contributed by atoms with Crippen LogP contribution >= 0.6 is 0 Å². The molecule has 0 unspecified atom stereocenters. The molecule has 0 fully saturated rings. The monoisotopic (exact) mass is 333 g/mol. The summed E-state index contributed by atoms with van der Waals surface area (Å²) in [6.07, 6.45) is 11.1. The van der Waals surface area contributed by atoms with Gasteiger partial charge in [0.15, 0.2) is 0 Å². The highest BCUT2D eigenvalue weighted by Crippen LogP contribution is 2.16. The Morgan fingerprint density at radius 1 is 0.478 bits per heavy atom. The third-order valence-electron chi connectivity index (χ3n) is 3.94. The van der Waals surface area contributed by atoms with Gasteiger partial charge in [-0.1, -0.05) is 53.4 Å². The standard InChI is InChI=1S/C16H36N.C4H12N.H3N/c1-5-9-13-17(14-10-6-2,15-11-7-3)16-12-8-4;1-5(2,3)4;/h5-16H2,1-4H3;1-4H3;1H3/q2*+1;. The summed E-state index contributed by atoms with van der Waals surface area (Å²) < 4.78 is 2.42. The Balaban J connectivity index is -0.000000578. The zero-order valence-corrected chi connectivity index (χ0v) is 18.1. The zero-order valence-electron chi connectivity index (χ0n) is 18.1. The predicted octanol–water partition coefficient (Wildman–Crippen LogP) is 5.49. The first-order valence-corrected chi connectivity index (χ1v) is 9.88. The Kier molecular flexibility index (Phi) is 20.2. The van der Waals surface area contributed by atoms with Gasteiger partial charge in [-0.2, -0.15) is 0 Å². The highest BCUT2D eigenvalue weighted by molar-refractivity contribution is 4.49. The first-order chi connectivity index (χ1) is 10.2. The molecule has 0 rings (SSSR count). The Morgan fingerprint density at radius 3 is 0.783 bits per heavy atom. The molecule has 0 aromatic carbocycles. The maximum Gasteiger partial charge on any atom is 0.0786 e. The van der Waals surface area contributed by atoms with Gasteiger partial charge in [0.1, 0.15) is 0 Å². The lowest BCUT2D eigenvalue weighted by Gasteiger charge is -2.39. The molecule has 0 heterocycles. The van der Waals surface area contributed by atoms with E-state index in [4.69, 9.17) is 0 Å². The molecule has 0 spiro atoms. The summed E-state index contributed by atoms with van der Waals surface area (Å²) in [5.74, 6) is 0. The van der Waals surface area contributed by atoms with Crippen LogP contribution in [0.1, 0.15) is 79.1 Å². The van der Waals surface area contributed by atoms with E-state index < -0.39 is 0 Å². The summed E-state index contributed by atoms with van der Waals surface area (Å²) in [4.78, 5) is 0. The van der Waals surface area contributed by atoms with Gasteiger partial charge in [0.2, 0.25) is 0 Å². The average molecular weight is 334 g/mol. The van der Waals surface area contributed by atoms with Gasteiger partial charge in [-0.05, 0) is 25.7 Å². The number of rotatable bonds is 12. The second-order valence-electron chi connectivity index (χ2n) is 8.33. The van der Waals surface area contributed by atoms with Gasteiger partial charge in [0, 0.05) is 0 Å². The molecule has 0 aromatic rings. The SMILES string of the molecule is CCCC[N+](CCCC)(CCCC)CCCC.C[N+](C)(C)C.N. The lowest BCUT2D eigenvalue weighted by molar-refractivity contribution is -0.929. The van der Waals surface area contributed by atoms with E-state index in [1.165, 1.54) is 82.0 Å². The van der Waals surface area contributed by atoms with Gasteiger partial charge in [-0.25, -0.2) is 0 Å². The fourth-order valence-electron chi connectivity index (χ4n) is 2.64. The molecule has 0 aliphatic rings. The first-order valence-electron chi connectivity index (χ1n) is 9.88. The molecular weight excluding hydrogens is 282 g/mol. The van der Waals surface area contributed by atoms with Crippen LogP contribution in [0.4, 0.5) is 0 Å². The topological polar surface area (TPSA) is 35.0 Å². The number of hydrogen-bond donors (Lipinski definition) is 1. The number of nitrogens with zero attached hydrogens (tertiary/aromatic N) is 2. The van der Waals surface area contributed by atoms with E-state index in [9.17, 15) is 0 Å². The van der Waals surface area contributed by atoms with Crippen LogP contribution in [0.2, 0.25) is 0 Å². The van der Waals surface area contributed by atoms with Crippen molar-refractivity contribution < 1.29 is 8.97 Å². The van der Waals surface area contributed by atoms with Crippen molar-refractivity contribution in [1.82, 2.24) is 6.15 Å². The Morgan fingerprint density at radius 2 is 0.652 bits per heavy atom. The van der Waals surface area contributed by atoms with E-state index in [1.807, 2.05) is 0 Å². The molecule has 0 saturated carbocycles. The van der Waals surface area contributed by atoms with Crippen molar-refractivity contribution in [3.8, 4) is 0 Å². The molecule has 3 N–H and O–H groups in total. The molecule has 23 heavy (non-hydrogen) atoms. The van der Waals surface area contributed by atoms with Gasteiger partial charge in [-0.15, -0.1) is 0 Å². The van der Waals surface area contributed by atoms with Gasteiger partial charge in [-0.3, -0.25) is 0 Å². The Bertz CT molecular complexity index is 178. The van der Waals surface area contributed by atoms with Crippen LogP contribution in [0.15, 0.2) is 0 Å². The highest BCUT2D eigenvalue weighted by Gasteiger charge is 2.24. The smallest absolute Gasteiger partial charge is 0.0786 e. The van der Waals surface area contributed by atoms with Crippen LogP contribution in [0.5, 0.6) is 0 Å². The van der Waals surface area contributed by atoms with Crippen molar-refractivity contribution in [3.05, 3.63) is 0 Å². The molecule has 0 bridgehead atoms. The predicted molar refractivity (Wildman–Crippen MR) is 108 cm³/mol. The van der Waals surface area contributed by atoms with Crippen LogP contribution in [0, 0.1) is 0 Å². The van der Waals surface area contributed by atoms with Crippen LogP contribution in [-0.2, 0) is 0 Å². The molecule has 0 aliphatic carbocycles. The third kappa shape index (κ3) is 21.9. The minimum Gasteiger partial charge on any atom is -0.344 e. The van der Waals surface area contributed by atoms with E-state index >= 15 is 0 Å². The summed E-state index contributed by atoms with van der Waals surface area (Å²) in [6.45, 7) is 15.0. The fourth-order valence-corrected chi connectivity index (χ4v) is 2.64. The largest absolute Gasteiger partial charge is 0.344 e. The molecular formula is C20H51N3+2. The van der Waals surface area contributed by atoms with E-state index in [-0.39, 0.29) is 6.15 Å². The van der Waals surface area contributed by atoms with Crippen molar-refractivity contribution in [3.63, 3.8) is 0 Å². The maximum absolute atomic E-state index is 2.33. The molecule has 0 atom stereocenters. The fraction of sp³-hybridized carbons (Fsp3) is 1.00. The van der Waals surface area contributed by atoms with Gasteiger partial charge in [0.05, 0.1) is 54.4 Å². The van der Waals surface area contributed by atoms with Crippen LogP contribution in [0.3, 0.4) is 0 Å². The molecule has 0 saturated heterocycles. The summed E-state index contributed by atoms with van der Waals surface area (Å²) in [6, 6.07) is 0. The normalized spacial score (nSPS) is 11.5. The summed E-state index contributed by atoms with van der Waals surface area (Å²) in [7, 11) is 8.50. The minimum absolute atomic E-state index is 0. The molecule has 3 nitrogen and oxygen atoms in total. The van der Waals surface area contributed by atoms with E-state index in [1.54, 1.807) is 0 Å². The zero-order chi connectivity index (χ0) is 17.5. The van der Waals surface area contributed by atoms with E-state index in [2.05, 4.69) is 55.9 Å². The second-order valence-corrected chi connectivity index (χ2v) is 8.33. The minimum atomic E-state index is 0. The first kappa shape index (κ1) is 27.7. The molecule has 144 valence electrons. The van der Waals surface area contributed by atoms with Crippen molar-refractivity contribution >= 4 is 0 Å². The summed E-state index contributed by atoms with van der Waals surface area (Å²) in [5, 5.41) is 0. The molecule has 0 radical (unpaired) electrons. The summed E-state index contributed by atoms with van der Waals surface area (Å²) >= 11 is 0. The van der Waals surface area contributed by atoms with Crippen LogP contribution in [0.25, 0.3) is 0 Å². The number of quaternary nitrogens is 2. The van der Waals surface area contributed by atoms with Crippen molar-refractivity contribution in [2.75, 3.05) is 54.4 Å². The second kappa shape index (κ2) is 16.7. The molecule has 0 aliphatic heterocycles. The van der Waals surface area contributed by atoms with Crippen LogP contribution < -0.4 is 6.15 Å². The van der Waals surface area contributed by atoms with E-state index in [0.717, 1.165) is 4.48 Å². The molecule has 0 aromatic heterocycles. The lowest BCUT2D eigenvalue weighted by Crippen LogP contribution is -2.50. The van der Waals surface area contributed by atoms with Crippen LogP contribution in [-0.4, -0.2) is 63.3 Å². The molecule has 3 heteroatoms. The number of hydrogen-bond acceptors (Lipinski definition) is 1.